The maximum absolute atomic E-state index is 11.0. The van der Waals surface area contributed by atoms with Crippen LogP contribution < -0.4 is 0 Å². The van der Waals surface area contributed by atoms with Crippen LogP contribution >= 0.6 is 0 Å². The van der Waals surface area contributed by atoms with Crippen molar-refractivity contribution in [1.82, 2.24) is 0 Å². The lowest BCUT2D eigenvalue weighted by molar-refractivity contribution is -0.771. The predicted molar refractivity (Wildman–Crippen MR) is 82.9 cm³/mol. The van der Waals surface area contributed by atoms with E-state index in [2.05, 4.69) is 31.2 Å². The highest BCUT2D eigenvalue weighted by molar-refractivity contribution is 5.36. The van der Waals surface area contributed by atoms with E-state index in [1.807, 2.05) is 0 Å². The van der Waals surface area contributed by atoms with Gasteiger partial charge in [0.05, 0.1) is 0 Å². The van der Waals surface area contributed by atoms with Crippen LogP contribution in [0.5, 0.6) is 0 Å². The molecule has 1 aromatic carbocycles. The molecule has 0 aromatic heterocycles. The minimum absolute atomic E-state index is 0.200. The van der Waals surface area contributed by atoms with Crippen LogP contribution in [0.25, 0.3) is 0 Å². The molecule has 3 aliphatic carbocycles. The van der Waals surface area contributed by atoms with E-state index in [9.17, 15) is 10.1 Å². The normalized spacial score (nSPS) is 39.5. The maximum Gasteiger partial charge on any atom is 0.294 e. The minimum Gasteiger partial charge on any atom is -0.310 e. The third-order valence-corrected chi connectivity index (χ3v) is 6.59. The van der Waals surface area contributed by atoms with Gasteiger partial charge in [-0.05, 0) is 60.5 Å². The van der Waals surface area contributed by atoms with Gasteiger partial charge in [-0.3, -0.25) is 0 Å². The summed E-state index contributed by atoms with van der Waals surface area (Å²) in [6.45, 7) is 2.33. The molecule has 4 nitrogen and oxygen atoms in total. The number of rotatable bonds is 2. The van der Waals surface area contributed by atoms with E-state index < -0.39 is 5.09 Å². The van der Waals surface area contributed by atoms with Crippen molar-refractivity contribution in [3.8, 4) is 0 Å². The summed E-state index contributed by atoms with van der Waals surface area (Å²) in [6, 6.07) is 8.48. The number of fused-ring (bicyclic) bond motifs is 5. The summed E-state index contributed by atoms with van der Waals surface area (Å²) in [4.78, 5) is 16.2. The van der Waals surface area contributed by atoms with Crippen molar-refractivity contribution < 1.29 is 9.92 Å². The summed E-state index contributed by atoms with van der Waals surface area (Å²) in [5, 5.41) is 10.5. The van der Waals surface area contributed by atoms with E-state index in [-0.39, 0.29) is 17.4 Å². The van der Waals surface area contributed by atoms with E-state index in [0.717, 1.165) is 19.3 Å². The Bertz CT molecular complexity index is 602. The van der Waals surface area contributed by atoms with Crippen LogP contribution in [0.2, 0.25) is 0 Å². The van der Waals surface area contributed by atoms with Gasteiger partial charge in [-0.2, -0.15) is 0 Å². The number of aryl methyl sites for hydroxylation is 1. The predicted octanol–water partition coefficient (Wildman–Crippen LogP) is 4.12. The van der Waals surface area contributed by atoms with E-state index in [4.69, 9.17) is 4.84 Å². The molecule has 0 N–H and O–H groups in total. The Kier molecular flexibility index (Phi) is 3.17. The highest BCUT2D eigenvalue weighted by Gasteiger charge is 2.55. The second kappa shape index (κ2) is 4.97. The highest BCUT2D eigenvalue weighted by atomic mass is 17.0. The monoisotopic (exact) mass is 301 g/mol. The van der Waals surface area contributed by atoms with E-state index in [1.165, 1.54) is 30.4 Å². The van der Waals surface area contributed by atoms with E-state index >= 15 is 0 Å². The fraction of sp³-hybridized carbons (Fsp3) is 0.667. The summed E-state index contributed by atoms with van der Waals surface area (Å²) >= 11 is 0. The molecule has 22 heavy (non-hydrogen) atoms. The van der Waals surface area contributed by atoms with Gasteiger partial charge in [0.15, 0.2) is 0 Å². The molecular formula is C18H23NO3. The van der Waals surface area contributed by atoms with Crippen LogP contribution in [0.4, 0.5) is 0 Å². The zero-order valence-corrected chi connectivity index (χ0v) is 13.0. The van der Waals surface area contributed by atoms with Crippen LogP contribution in [-0.4, -0.2) is 11.2 Å². The molecule has 118 valence electrons. The molecule has 5 atom stereocenters. The minimum atomic E-state index is -0.572. The molecule has 0 bridgehead atoms. The molecule has 1 aromatic rings. The zero-order chi connectivity index (χ0) is 15.3. The van der Waals surface area contributed by atoms with Gasteiger partial charge in [0, 0.05) is 5.92 Å². The van der Waals surface area contributed by atoms with Gasteiger partial charge >= 0.3 is 0 Å². The Morgan fingerprint density at radius 3 is 2.95 bits per heavy atom. The van der Waals surface area contributed by atoms with Gasteiger partial charge in [-0.1, -0.05) is 37.6 Å². The molecular weight excluding hydrogens is 278 g/mol. The first-order valence-corrected chi connectivity index (χ1v) is 8.47. The fourth-order valence-corrected chi connectivity index (χ4v) is 5.79. The molecule has 0 heterocycles. The SMILES string of the molecule is C[C@@]12CCC[C@H]1[C@@H]1CCc3ccccc3[C@H]1[C@@H](O[N+](=O)[O-])C2. The van der Waals surface area contributed by atoms with Crippen molar-refractivity contribution in [2.24, 2.45) is 17.3 Å². The largest absolute Gasteiger partial charge is 0.310 e. The van der Waals surface area contributed by atoms with Crippen molar-refractivity contribution in [1.29, 1.82) is 0 Å². The van der Waals surface area contributed by atoms with E-state index in [1.54, 1.807) is 0 Å². The summed E-state index contributed by atoms with van der Waals surface area (Å²) in [5.41, 5.74) is 2.90. The molecule has 0 aliphatic heterocycles. The zero-order valence-electron chi connectivity index (χ0n) is 13.0. The molecule has 4 rings (SSSR count). The fourth-order valence-electron chi connectivity index (χ4n) is 5.79. The first-order valence-electron chi connectivity index (χ1n) is 8.47. The average Bonchev–Trinajstić information content (AvgIpc) is 2.87. The van der Waals surface area contributed by atoms with Gasteiger partial charge < -0.3 is 4.84 Å². The van der Waals surface area contributed by atoms with Gasteiger partial charge in [0.2, 0.25) is 0 Å². The first kappa shape index (κ1) is 14.0. The quantitative estimate of drug-likeness (QED) is 0.610. The van der Waals surface area contributed by atoms with Crippen molar-refractivity contribution in [3.05, 3.63) is 45.5 Å². The number of benzene rings is 1. The lowest BCUT2D eigenvalue weighted by atomic mass is 9.55. The number of hydrogen-bond donors (Lipinski definition) is 0. The van der Waals surface area contributed by atoms with E-state index in [0.29, 0.717) is 11.8 Å². The third-order valence-electron chi connectivity index (χ3n) is 6.59. The number of hydrogen-bond acceptors (Lipinski definition) is 3. The van der Waals surface area contributed by atoms with Crippen LogP contribution in [0.1, 0.15) is 56.1 Å². The summed E-state index contributed by atoms with van der Waals surface area (Å²) in [7, 11) is 0. The molecule has 2 fully saturated rings. The lowest BCUT2D eigenvalue weighted by Crippen LogP contribution is -2.48. The summed E-state index contributed by atoms with van der Waals surface area (Å²) in [6.07, 6.45) is 6.55. The average molecular weight is 301 g/mol. The Balaban J connectivity index is 1.77. The van der Waals surface area contributed by atoms with Crippen molar-refractivity contribution >= 4 is 0 Å². The lowest BCUT2D eigenvalue weighted by Gasteiger charge is -2.52. The standard InChI is InChI=1S/C18H23NO3/c1-18-10-4-7-15(18)14-9-8-12-5-2-3-6-13(12)17(14)16(11-18)22-19(20)21/h2-3,5-6,14-17H,4,7-11H2,1H3/t14-,15-,16-,17+,18-/m0/s1. The van der Waals surface area contributed by atoms with Crippen molar-refractivity contribution in [2.45, 2.75) is 57.5 Å². The van der Waals surface area contributed by atoms with Gasteiger partial charge in [-0.15, -0.1) is 10.1 Å². The second-order valence-corrected chi connectivity index (χ2v) is 7.65. The van der Waals surface area contributed by atoms with Gasteiger partial charge in [0.25, 0.3) is 5.09 Å². The topological polar surface area (TPSA) is 52.4 Å². The van der Waals surface area contributed by atoms with Crippen LogP contribution in [-0.2, 0) is 11.3 Å². The second-order valence-electron chi connectivity index (χ2n) is 7.65. The van der Waals surface area contributed by atoms with Crippen LogP contribution in [0.3, 0.4) is 0 Å². The molecule has 0 amide bonds. The van der Waals surface area contributed by atoms with Crippen molar-refractivity contribution in [2.75, 3.05) is 0 Å². The third kappa shape index (κ3) is 2.03. The molecule has 0 spiro atoms. The van der Waals surface area contributed by atoms with Crippen molar-refractivity contribution in [3.63, 3.8) is 0 Å². The number of nitrogens with zero attached hydrogens (tertiary/aromatic N) is 1. The molecule has 2 saturated carbocycles. The van der Waals surface area contributed by atoms with Crippen LogP contribution in [0.15, 0.2) is 24.3 Å². The first-order chi connectivity index (χ1) is 10.6. The molecule has 0 saturated heterocycles. The Morgan fingerprint density at radius 2 is 2.14 bits per heavy atom. The summed E-state index contributed by atoms with van der Waals surface area (Å²) < 4.78 is 0. The highest BCUT2D eigenvalue weighted by Crippen LogP contribution is 2.61. The smallest absolute Gasteiger partial charge is 0.294 e. The Morgan fingerprint density at radius 1 is 1.32 bits per heavy atom. The Hall–Kier alpha value is -1.58. The summed E-state index contributed by atoms with van der Waals surface area (Å²) in [5.74, 6) is 1.45. The van der Waals surface area contributed by atoms with Gasteiger partial charge in [0.1, 0.15) is 6.10 Å². The molecule has 0 radical (unpaired) electrons. The Labute approximate surface area is 131 Å². The van der Waals surface area contributed by atoms with Gasteiger partial charge in [-0.25, -0.2) is 0 Å². The van der Waals surface area contributed by atoms with Crippen LogP contribution in [0, 0.1) is 27.4 Å². The molecule has 0 unspecified atom stereocenters. The molecule has 4 heteroatoms. The maximum atomic E-state index is 11.0. The molecule has 3 aliphatic rings.